The van der Waals surface area contributed by atoms with Crippen LogP contribution in [0.5, 0.6) is 0 Å². The SMILES string of the molecule is CN[C@@H](CCCCN)C(=O)OO. The third-order valence-corrected chi connectivity index (χ3v) is 1.67. The number of hydrogen-bond acceptors (Lipinski definition) is 5. The van der Waals surface area contributed by atoms with E-state index in [0.29, 0.717) is 13.0 Å². The average molecular weight is 176 g/mol. The minimum atomic E-state index is -0.644. The highest BCUT2D eigenvalue weighted by Gasteiger charge is 2.16. The first-order valence-electron chi connectivity index (χ1n) is 3.98. The highest BCUT2D eigenvalue weighted by atomic mass is 17.1. The largest absolute Gasteiger partial charge is 0.358 e. The van der Waals surface area contributed by atoms with Crippen molar-refractivity contribution in [3.05, 3.63) is 0 Å². The number of unbranched alkanes of at least 4 members (excludes halogenated alkanes) is 1. The van der Waals surface area contributed by atoms with E-state index in [-0.39, 0.29) is 0 Å². The van der Waals surface area contributed by atoms with Gasteiger partial charge in [0.05, 0.1) is 0 Å². The zero-order valence-electron chi connectivity index (χ0n) is 7.25. The second-order valence-corrected chi connectivity index (χ2v) is 2.54. The second kappa shape index (κ2) is 7.02. The molecule has 12 heavy (non-hydrogen) atoms. The molecule has 0 aliphatic heterocycles. The molecule has 0 bridgehead atoms. The molecule has 5 heteroatoms. The molecule has 0 radical (unpaired) electrons. The first kappa shape index (κ1) is 11.4. The zero-order chi connectivity index (χ0) is 9.40. The predicted molar refractivity (Wildman–Crippen MR) is 44.5 cm³/mol. The molecule has 0 saturated carbocycles. The maximum atomic E-state index is 10.8. The topological polar surface area (TPSA) is 84.6 Å². The Bertz CT molecular complexity index is 130. The standard InChI is InChI=1S/C7H16N2O3/c1-9-6(7(10)12-11)4-2-3-5-8/h6,9,11H,2-5,8H2,1H3/t6-/m0/s1. The summed E-state index contributed by atoms with van der Waals surface area (Å²) in [6, 6.07) is -0.429. The summed E-state index contributed by atoms with van der Waals surface area (Å²) in [6.45, 7) is 0.616. The van der Waals surface area contributed by atoms with Crippen LogP contribution in [0.3, 0.4) is 0 Å². The summed E-state index contributed by atoms with van der Waals surface area (Å²) in [4.78, 5) is 14.4. The number of carbonyl (C=O) groups is 1. The van der Waals surface area contributed by atoms with Crippen molar-refractivity contribution < 1.29 is 14.9 Å². The Labute approximate surface area is 71.8 Å². The Morgan fingerprint density at radius 1 is 1.67 bits per heavy atom. The van der Waals surface area contributed by atoms with Gasteiger partial charge < -0.3 is 11.1 Å². The summed E-state index contributed by atoms with van der Waals surface area (Å²) in [5.74, 6) is -0.644. The van der Waals surface area contributed by atoms with E-state index in [2.05, 4.69) is 10.2 Å². The highest BCUT2D eigenvalue weighted by Crippen LogP contribution is 2.00. The van der Waals surface area contributed by atoms with Crippen LogP contribution in [0.25, 0.3) is 0 Å². The van der Waals surface area contributed by atoms with Gasteiger partial charge in [0.15, 0.2) is 0 Å². The van der Waals surface area contributed by atoms with Gasteiger partial charge >= 0.3 is 5.97 Å². The lowest BCUT2D eigenvalue weighted by atomic mass is 10.1. The van der Waals surface area contributed by atoms with E-state index in [1.54, 1.807) is 7.05 Å². The van der Waals surface area contributed by atoms with Crippen LogP contribution in [0.15, 0.2) is 0 Å². The van der Waals surface area contributed by atoms with Crippen molar-refractivity contribution in [3.63, 3.8) is 0 Å². The van der Waals surface area contributed by atoms with E-state index in [9.17, 15) is 4.79 Å². The Balaban J connectivity index is 3.60. The van der Waals surface area contributed by atoms with Gasteiger partial charge in [-0.1, -0.05) is 6.42 Å². The first-order valence-corrected chi connectivity index (χ1v) is 3.98. The molecular weight excluding hydrogens is 160 g/mol. The summed E-state index contributed by atoms with van der Waals surface area (Å²) in [6.07, 6.45) is 2.35. The zero-order valence-corrected chi connectivity index (χ0v) is 7.25. The van der Waals surface area contributed by atoms with E-state index >= 15 is 0 Å². The van der Waals surface area contributed by atoms with Gasteiger partial charge in [-0.25, -0.2) is 4.79 Å². The Hall–Kier alpha value is -0.650. The summed E-state index contributed by atoms with van der Waals surface area (Å²) in [7, 11) is 1.64. The van der Waals surface area contributed by atoms with Gasteiger partial charge in [0, 0.05) is 0 Å². The van der Waals surface area contributed by atoms with Crippen LogP contribution >= 0.6 is 0 Å². The Kier molecular flexibility index (Phi) is 6.64. The fourth-order valence-electron chi connectivity index (χ4n) is 0.936. The van der Waals surface area contributed by atoms with E-state index < -0.39 is 12.0 Å². The lowest BCUT2D eigenvalue weighted by molar-refractivity contribution is -0.236. The molecule has 0 rings (SSSR count). The van der Waals surface area contributed by atoms with Crippen molar-refractivity contribution in [2.75, 3.05) is 13.6 Å². The molecule has 72 valence electrons. The highest BCUT2D eigenvalue weighted by molar-refractivity contribution is 5.74. The van der Waals surface area contributed by atoms with E-state index in [1.807, 2.05) is 0 Å². The predicted octanol–water partition coefficient (Wildman–Crippen LogP) is -0.280. The van der Waals surface area contributed by atoms with Crippen molar-refractivity contribution >= 4 is 5.97 Å². The summed E-state index contributed by atoms with van der Waals surface area (Å²) < 4.78 is 0. The third-order valence-electron chi connectivity index (χ3n) is 1.67. The maximum absolute atomic E-state index is 10.8. The van der Waals surface area contributed by atoms with Crippen molar-refractivity contribution in [1.82, 2.24) is 5.32 Å². The number of nitrogens with two attached hydrogens (primary N) is 1. The van der Waals surface area contributed by atoms with Gasteiger partial charge in [0.25, 0.3) is 0 Å². The lowest BCUT2D eigenvalue weighted by Crippen LogP contribution is -2.35. The average Bonchev–Trinajstić information content (AvgIpc) is 2.11. The number of rotatable bonds is 6. The van der Waals surface area contributed by atoms with Gasteiger partial charge in [0.2, 0.25) is 0 Å². The molecule has 0 unspecified atom stereocenters. The number of hydrogen-bond donors (Lipinski definition) is 3. The van der Waals surface area contributed by atoms with Crippen LogP contribution in [-0.2, 0) is 9.68 Å². The molecule has 5 nitrogen and oxygen atoms in total. The molecule has 0 aromatic rings. The van der Waals surface area contributed by atoms with Crippen molar-refractivity contribution in [3.8, 4) is 0 Å². The van der Waals surface area contributed by atoms with Crippen LogP contribution in [0.4, 0.5) is 0 Å². The summed E-state index contributed by atoms with van der Waals surface area (Å²) >= 11 is 0. The third kappa shape index (κ3) is 4.27. The molecule has 0 aliphatic carbocycles. The van der Waals surface area contributed by atoms with Gasteiger partial charge in [-0.3, -0.25) is 4.89 Å². The number of likely N-dealkylation sites (N-methyl/N-ethyl adjacent to an activating group) is 1. The normalized spacial score (nSPS) is 12.6. The Morgan fingerprint density at radius 2 is 2.33 bits per heavy atom. The molecule has 0 aromatic carbocycles. The van der Waals surface area contributed by atoms with Crippen molar-refractivity contribution in [1.29, 1.82) is 0 Å². The first-order chi connectivity index (χ1) is 5.76. The molecule has 0 amide bonds. The molecule has 4 N–H and O–H groups in total. The minimum Gasteiger partial charge on any atom is -0.330 e. The van der Waals surface area contributed by atoms with Crippen LogP contribution in [0, 0.1) is 0 Å². The fourth-order valence-corrected chi connectivity index (χ4v) is 0.936. The lowest BCUT2D eigenvalue weighted by Gasteiger charge is -2.10. The minimum absolute atomic E-state index is 0.429. The molecule has 0 saturated heterocycles. The smallest absolute Gasteiger partial charge is 0.330 e. The quantitative estimate of drug-likeness (QED) is 0.294. The number of nitrogens with one attached hydrogen (secondary N) is 1. The summed E-state index contributed by atoms with van der Waals surface area (Å²) in [5.41, 5.74) is 5.28. The van der Waals surface area contributed by atoms with E-state index in [4.69, 9.17) is 11.0 Å². The molecule has 0 spiro atoms. The monoisotopic (exact) mass is 176 g/mol. The van der Waals surface area contributed by atoms with Gasteiger partial charge in [-0.05, 0) is 26.4 Å². The molecular formula is C7H16N2O3. The van der Waals surface area contributed by atoms with Crippen molar-refractivity contribution in [2.24, 2.45) is 5.73 Å². The second-order valence-electron chi connectivity index (χ2n) is 2.54. The molecule has 0 fully saturated rings. The molecule has 0 aromatic heterocycles. The van der Waals surface area contributed by atoms with Crippen LogP contribution in [0.2, 0.25) is 0 Å². The molecule has 0 heterocycles. The Morgan fingerprint density at radius 3 is 2.75 bits per heavy atom. The van der Waals surface area contributed by atoms with Crippen LogP contribution in [-0.4, -0.2) is 30.9 Å². The van der Waals surface area contributed by atoms with Crippen molar-refractivity contribution in [2.45, 2.75) is 25.3 Å². The van der Waals surface area contributed by atoms with Gasteiger partial charge in [-0.15, -0.1) is 0 Å². The fraction of sp³-hybridized carbons (Fsp3) is 0.857. The van der Waals surface area contributed by atoms with Gasteiger partial charge in [-0.2, -0.15) is 5.26 Å². The van der Waals surface area contributed by atoms with Crippen LogP contribution in [0.1, 0.15) is 19.3 Å². The van der Waals surface area contributed by atoms with E-state index in [0.717, 1.165) is 12.8 Å². The van der Waals surface area contributed by atoms with E-state index in [1.165, 1.54) is 0 Å². The van der Waals surface area contributed by atoms with Crippen LogP contribution < -0.4 is 11.1 Å². The number of carbonyl (C=O) groups excluding carboxylic acids is 1. The van der Waals surface area contributed by atoms with Gasteiger partial charge in [0.1, 0.15) is 6.04 Å². The molecule has 1 atom stereocenters. The molecule has 0 aliphatic rings. The maximum Gasteiger partial charge on any atom is 0.358 e. The summed E-state index contributed by atoms with van der Waals surface area (Å²) in [5, 5.41) is 10.8.